The highest BCUT2D eigenvalue weighted by molar-refractivity contribution is 7.99. The lowest BCUT2D eigenvalue weighted by Crippen LogP contribution is -2.04. The van der Waals surface area contributed by atoms with Crippen LogP contribution in [0.3, 0.4) is 0 Å². The Morgan fingerprint density at radius 3 is 2.83 bits per heavy atom. The maximum absolute atomic E-state index is 10.4. The van der Waals surface area contributed by atoms with Gasteiger partial charge in [-0.25, -0.2) is 0 Å². The Labute approximate surface area is 116 Å². The number of benzene rings is 1. The third kappa shape index (κ3) is 5.65. The first-order valence-corrected chi connectivity index (χ1v) is 7.12. The fourth-order valence-electron chi connectivity index (χ4n) is 1.20. The molecule has 0 radical (unpaired) electrons. The summed E-state index contributed by atoms with van der Waals surface area (Å²) in [6, 6.07) is 5.51. The van der Waals surface area contributed by atoms with Gasteiger partial charge in [0.05, 0.1) is 18.1 Å². The topological polar surface area (TPSA) is 46.5 Å². The molecule has 0 amide bonds. The van der Waals surface area contributed by atoms with E-state index < -0.39 is 5.97 Å². The number of thioether (sulfide) groups is 1. The summed E-state index contributed by atoms with van der Waals surface area (Å²) in [6.45, 7) is 4.75. The molecule has 5 heteroatoms. The first-order valence-electron chi connectivity index (χ1n) is 5.76. The molecule has 1 rings (SSSR count). The molecule has 0 aliphatic heterocycles. The highest BCUT2D eigenvalue weighted by Gasteiger charge is 2.06. The van der Waals surface area contributed by atoms with E-state index in [1.165, 1.54) is 11.8 Å². The van der Waals surface area contributed by atoms with Gasteiger partial charge in [0.2, 0.25) is 0 Å². The van der Waals surface area contributed by atoms with Crippen LogP contribution in [0.1, 0.15) is 20.3 Å². The van der Waals surface area contributed by atoms with Gasteiger partial charge < -0.3 is 9.84 Å². The van der Waals surface area contributed by atoms with Crippen LogP contribution < -0.4 is 4.74 Å². The fourth-order valence-corrected chi connectivity index (χ4v) is 2.24. The van der Waals surface area contributed by atoms with E-state index >= 15 is 0 Å². The number of carboxylic acid groups (broad SMARTS) is 1. The molecule has 0 aromatic heterocycles. The SMILES string of the molecule is CC(C)COc1cc(SCCC(=O)O)ccc1Cl. The van der Waals surface area contributed by atoms with Gasteiger partial charge in [-0.1, -0.05) is 25.4 Å². The van der Waals surface area contributed by atoms with E-state index in [0.29, 0.717) is 29.0 Å². The van der Waals surface area contributed by atoms with Crippen LogP contribution in [-0.4, -0.2) is 23.4 Å². The van der Waals surface area contributed by atoms with E-state index in [2.05, 4.69) is 13.8 Å². The zero-order valence-corrected chi connectivity index (χ0v) is 12.1. The van der Waals surface area contributed by atoms with Gasteiger partial charge in [-0.3, -0.25) is 4.79 Å². The molecule has 0 bridgehead atoms. The monoisotopic (exact) mass is 288 g/mol. The van der Waals surface area contributed by atoms with E-state index in [1.807, 2.05) is 12.1 Å². The fraction of sp³-hybridized carbons (Fsp3) is 0.462. The first-order chi connectivity index (χ1) is 8.49. The number of carboxylic acids is 1. The Hall–Kier alpha value is -0.870. The lowest BCUT2D eigenvalue weighted by atomic mass is 10.2. The smallest absolute Gasteiger partial charge is 0.304 e. The zero-order chi connectivity index (χ0) is 13.5. The molecule has 3 nitrogen and oxygen atoms in total. The summed E-state index contributed by atoms with van der Waals surface area (Å²) >= 11 is 7.52. The predicted octanol–water partition coefficient (Wildman–Crippen LogP) is 3.94. The van der Waals surface area contributed by atoms with Gasteiger partial charge in [-0.15, -0.1) is 11.8 Å². The van der Waals surface area contributed by atoms with Crippen LogP contribution in [-0.2, 0) is 4.79 Å². The second-order valence-corrected chi connectivity index (χ2v) is 5.86. The van der Waals surface area contributed by atoms with E-state index in [9.17, 15) is 4.79 Å². The van der Waals surface area contributed by atoms with Gasteiger partial charge >= 0.3 is 5.97 Å². The molecule has 18 heavy (non-hydrogen) atoms. The average Bonchev–Trinajstić information content (AvgIpc) is 2.29. The Bertz CT molecular complexity index is 407. The molecule has 0 aliphatic rings. The number of rotatable bonds is 7. The third-order valence-electron chi connectivity index (χ3n) is 2.06. The molecule has 0 heterocycles. The molecule has 0 spiro atoms. The highest BCUT2D eigenvalue weighted by Crippen LogP contribution is 2.30. The number of aliphatic carboxylic acids is 1. The Kier molecular flexibility index (Phi) is 6.36. The van der Waals surface area contributed by atoms with Crippen molar-refractivity contribution in [2.24, 2.45) is 5.92 Å². The van der Waals surface area contributed by atoms with Gasteiger partial charge in [-0.05, 0) is 24.1 Å². The summed E-state index contributed by atoms with van der Waals surface area (Å²) in [5.74, 6) is 0.850. The van der Waals surface area contributed by atoms with Crippen molar-refractivity contribution in [2.75, 3.05) is 12.4 Å². The van der Waals surface area contributed by atoms with Gasteiger partial charge in [0.1, 0.15) is 5.75 Å². The van der Waals surface area contributed by atoms with E-state index in [4.69, 9.17) is 21.4 Å². The van der Waals surface area contributed by atoms with E-state index in [0.717, 1.165) is 4.90 Å². The van der Waals surface area contributed by atoms with Crippen LogP contribution in [0.15, 0.2) is 23.1 Å². The van der Waals surface area contributed by atoms with Crippen LogP contribution in [0.2, 0.25) is 5.02 Å². The summed E-state index contributed by atoms with van der Waals surface area (Å²) in [5, 5.41) is 9.16. The van der Waals surface area contributed by atoms with Crippen LogP contribution >= 0.6 is 23.4 Å². The lowest BCUT2D eigenvalue weighted by Gasteiger charge is -2.11. The molecule has 0 atom stereocenters. The summed E-state index contributed by atoms with van der Waals surface area (Å²) in [5.41, 5.74) is 0. The van der Waals surface area contributed by atoms with Crippen molar-refractivity contribution >= 4 is 29.3 Å². The van der Waals surface area contributed by atoms with Crippen LogP contribution in [0.25, 0.3) is 0 Å². The zero-order valence-electron chi connectivity index (χ0n) is 10.5. The highest BCUT2D eigenvalue weighted by atomic mass is 35.5. The molecular weight excluding hydrogens is 272 g/mol. The average molecular weight is 289 g/mol. The van der Waals surface area contributed by atoms with Crippen molar-refractivity contribution in [1.82, 2.24) is 0 Å². The minimum absolute atomic E-state index is 0.148. The molecule has 1 N–H and O–H groups in total. The minimum Gasteiger partial charge on any atom is -0.492 e. The maximum atomic E-state index is 10.4. The Morgan fingerprint density at radius 2 is 2.22 bits per heavy atom. The number of hydrogen-bond acceptors (Lipinski definition) is 3. The number of hydrogen-bond donors (Lipinski definition) is 1. The Morgan fingerprint density at radius 1 is 1.50 bits per heavy atom. The summed E-state index contributed by atoms with van der Waals surface area (Å²) in [7, 11) is 0. The van der Waals surface area contributed by atoms with Crippen molar-refractivity contribution in [3.63, 3.8) is 0 Å². The maximum Gasteiger partial charge on any atom is 0.304 e. The molecule has 0 aliphatic carbocycles. The number of ether oxygens (including phenoxy) is 1. The standard InChI is InChI=1S/C13H17ClO3S/c1-9(2)8-17-12-7-10(3-4-11(12)14)18-6-5-13(15)16/h3-4,7,9H,5-6,8H2,1-2H3,(H,15,16). The summed E-state index contributed by atoms with van der Waals surface area (Å²) in [6.07, 6.45) is 0.148. The van der Waals surface area contributed by atoms with Crippen molar-refractivity contribution in [2.45, 2.75) is 25.2 Å². The van der Waals surface area contributed by atoms with Gasteiger partial charge in [0.15, 0.2) is 0 Å². The largest absolute Gasteiger partial charge is 0.492 e. The molecule has 1 aromatic rings. The first kappa shape index (κ1) is 15.2. The van der Waals surface area contributed by atoms with Crippen LogP contribution in [0, 0.1) is 5.92 Å². The molecule has 0 fully saturated rings. The van der Waals surface area contributed by atoms with Gasteiger partial charge in [0, 0.05) is 10.6 Å². The number of halogens is 1. The molecule has 0 saturated heterocycles. The molecule has 0 saturated carbocycles. The van der Waals surface area contributed by atoms with Crippen molar-refractivity contribution in [3.05, 3.63) is 23.2 Å². The number of carbonyl (C=O) groups is 1. The molecule has 0 unspecified atom stereocenters. The summed E-state index contributed by atoms with van der Waals surface area (Å²) in [4.78, 5) is 11.4. The molecular formula is C13H17ClO3S. The third-order valence-corrected chi connectivity index (χ3v) is 3.37. The van der Waals surface area contributed by atoms with Crippen LogP contribution in [0.5, 0.6) is 5.75 Å². The normalized spacial score (nSPS) is 10.7. The van der Waals surface area contributed by atoms with Crippen molar-refractivity contribution in [1.29, 1.82) is 0 Å². The molecule has 1 aromatic carbocycles. The predicted molar refractivity (Wildman–Crippen MR) is 74.8 cm³/mol. The van der Waals surface area contributed by atoms with E-state index in [-0.39, 0.29) is 6.42 Å². The molecule has 100 valence electrons. The van der Waals surface area contributed by atoms with Gasteiger partial charge in [-0.2, -0.15) is 0 Å². The Balaban J connectivity index is 2.59. The lowest BCUT2D eigenvalue weighted by molar-refractivity contribution is -0.136. The second-order valence-electron chi connectivity index (χ2n) is 4.29. The quantitative estimate of drug-likeness (QED) is 0.772. The van der Waals surface area contributed by atoms with Gasteiger partial charge in [0.25, 0.3) is 0 Å². The minimum atomic E-state index is -0.784. The van der Waals surface area contributed by atoms with E-state index in [1.54, 1.807) is 6.07 Å². The van der Waals surface area contributed by atoms with Crippen molar-refractivity contribution < 1.29 is 14.6 Å². The van der Waals surface area contributed by atoms with Crippen molar-refractivity contribution in [3.8, 4) is 5.75 Å². The van der Waals surface area contributed by atoms with Crippen LogP contribution in [0.4, 0.5) is 0 Å². The summed E-state index contributed by atoms with van der Waals surface area (Å²) < 4.78 is 5.60. The second kappa shape index (κ2) is 7.54.